The van der Waals surface area contributed by atoms with E-state index in [9.17, 15) is 4.79 Å². The molecule has 0 atom stereocenters. The molecule has 0 aromatic heterocycles. The van der Waals surface area contributed by atoms with Crippen LogP contribution in [0, 0.1) is 34.6 Å². The van der Waals surface area contributed by atoms with Gasteiger partial charge < -0.3 is 10.1 Å². The van der Waals surface area contributed by atoms with Crippen molar-refractivity contribution in [3.63, 3.8) is 0 Å². The lowest BCUT2D eigenvalue weighted by molar-refractivity contribution is -0.118. The van der Waals surface area contributed by atoms with Gasteiger partial charge in [-0.3, -0.25) is 4.79 Å². The molecule has 116 valence electrons. The van der Waals surface area contributed by atoms with Crippen molar-refractivity contribution >= 4 is 11.6 Å². The fourth-order valence-electron chi connectivity index (χ4n) is 2.55. The number of ether oxygens (including phenoxy) is 1. The Morgan fingerprint density at radius 1 is 0.909 bits per heavy atom. The molecule has 0 spiro atoms. The van der Waals surface area contributed by atoms with Crippen LogP contribution in [0.3, 0.4) is 0 Å². The molecule has 0 aliphatic heterocycles. The van der Waals surface area contributed by atoms with Crippen molar-refractivity contribution in [3.05, 3.63) is 58.1 Å². The summed E-state index contributed by atoms with van der Waals surface area (Å²) in [7, 11) is 0. The van der Waals surface area contributed by atoms with Crippen LogP contribution in [0.4, 0.5) is 5.69 Å². The molecule has 22 heavy (non-hydrogen) atoms. The third kappa shape index (κ3) is 3.88. The summed E-state index contributed by atoms with van der Waals surface area (Å²) in [5.74, 6) is 0.642. The third-order valence-electron chi connectivity index (χ3n) is 3.74. The van der Waals surface area contributed by atoms with E-state index < -0.39 is 0 Å². The van der Waals surface area contributed by atoms with Crippen LogP contribution >= 0.6 is 0 Å². The van der Waals surface area contributed by atoms with Crippen molar-refractivity contribution in [2.24, 2.45) is 0 Å². The summed E-state index contributed by atoms with van der Waals surface area (Å²) >= 11 is 0. The Hall–Kier alpha value is -2.29. The van der Waals surface area contributed by atoms with Gasteiger partial charge in [0, 0.05) is 5.69 Å². The molecular weight excluding hydrogens is 274 g/mol. The minimum Gasteiger partial charge on any atom is -0.483 e. The molecular formula is C19H23NO2. The van der Waals surface area contributed by atoms with E-state index >= 15 is 0 Å². The van der Waals surface area contributed by atoms with E-state index in [2.05, 4.69) is 24.4 Å². The lowest BCUT2D eigenvalue weighted by Crippen LogP contribution is -2.20. The molecule has 0 heterocycles. The second-order valence-corrected chi connectivity index (χ2v) is 5.86. The second-order valence-electron chi connectivity index (χ2n) is 5.86. The van der Waals surface area contributed by atoms with Crippen LogP contribution in [0.15, 0.2) is 30.3 Å². The SMILES string of the molecule is Cc1cc(C)c(OCC(=O)Nc2ccc(C)c(C)c2)c(C)c1. The molecule has 3 heteroatoms. The summed E-state index contributed by atoms with van der Waals surface area (Å²) in [6.45, 7) is 10.1. The Morgan fingerprint density at radius 2 is 1.55 bits per heavy atom. The smallest absolute Gasteiger partial charge is 0.262 e. The Morgan fingerprint density at radius 3 is 2.14 bits per heavy atom. The topological polar surface area (TPSA) is 38.3 Å². The Balaban J connectivity index is 2.00. The van der Waals surface area contributed by atoms with Gasteiger partial charge in [-0.1, -0.05) is 23.8 Å². The largest absolute Gasteiger partial charge is 0.483 e. The Kier molecular flexibility index (Phi) is 4.86. The number of carbonyl (C=O) groups excluding carboxylic acids is 1. The predicted molar refractivity (Wildman–Crippen MR) is 90.7 cm³/mol. The van der Waals surface area contributed by atoms with Crippen LogP contribution in [0.5, 0.6) is 5.75 Å². The highest BCUT2D eigenvalue weighted by Crippen LogP contribution is 2.24. The van der Waals surface area contributed by atoms with Crippen LogP contribution in [0.25, 0.3) is 0 Å². The number of anilines is 1. The van der Waals surface area contributed by atoms with E-state index in [-0.39, 0.29) is 12.5 Å². The van der Waals surface area contributed by atoms with Gasteiger partial charge in [-0.05, 0) is 69.0 Å². The quantitative estimate of drug-likeness (QED) is 0.916. The predicted octanol–water partition coefficient (Wildman–Crippen LogP) is 4.25. The van der Waals surface area contributed by atoms with Crippen LogP contribution in [0.2, 0.25) is 0 Å². The maximum atomic E-state index is 12.0. The Bertz CT molecular complexity index is 682. The number of nitrogens with one attached hydrogen (secondary N) is 1. The summed E-state index contributed by atoms with van der Waals surface area (Å²) < 4.78 is 5.70. The minimum atomic E-state index is -0.150. The molecule has 0 radical (unpaired) electrons. The van der Waals surface area contributed by atoms with E-state index in [1.165, 1.54) is 11.1 Å². The highest BCUT2D eigenvalue weighted by molar-refractivity contribution is 5.92. The lowest BCUT2D eigenvalue weighted by Gasteiger charge is -2.13. The molecule has 2 aromatic carbocycles. The fourth-order valence-corrected chi connectivity index (χ4v) is 2.55. The molecule has 1 amide bonds. The van der Waals surface area contributed by atoms with Crippen molar-refractivity contribution in [2.75, 3.05) is 11.9 Å². The zero-order valence-electron chi connectivity index (χ0n) is 13.9. The molecule has 0 aliphatic carbocycles. The minimum absolute atomic E-state index is 0.0116. The summed E-state index contributed by atoms with van der Waals surface area (Å²) in [4.78, 5) is 12.0. The molecule has 0 saturated heterocycles. The summed E-state index contributed by atoms with van der Waals surface area (Å²) in [6.07, 6.45) is 0. The molecule has 0 bridgehead atoms. The van der Waals surface area contributed by atoms with Crippen LogP contribution in [0.1, 0.15) is 27.8 Å². The maximum absolute atomic E-state index is 12.0. The highest BCUT2D eigenvalue weighted by atomic mass is 16.5. The lowest BCUT2D eigenvalue weighted by atomic mass is 10.1. The van der Waals surface area contributed by atoms with E-state index in [0.29, 0.717) is 0 Å². The van der Waals surface area contributed by atoms with E-state index in [1.807, 2.05) is 45.9 Å². The first-order chi connectivity index (χ1) is 10.4. The number of carbonyl (C=O) groups is 1. The molecule has 0 aliphatic rings. The molecule has 0 saturated carbocycles. The van der Waals surface area contributed by atoms with Gasteiger partial charge >= 0.3 is 0 Å². The molecule has 1 N–H and O–H groups in total. The molecule has 0 fully saturated rings. The van der Waals surface area contributed by atoms with E-state index in [1.54, 1.807) is 0 Å². The fraction of sp³-hybridized carbons (Fsp3) is 0.316. The number of benzene rings is 2. The first-order valence-corrected chi connectivity index (χ1v) is 7.44. The molecule has 2 aromatic rings. The average Bonchev–Trinajstić information content (AvgIpc) is 2.41. The van der Waals surface area contributed by atoms with Crippen molar-refractivity contribution in [2.45, 2.75) is 34.6 Å². The van der Waals surface area contributed by atoms with Gasteiger partial charge in [-0.2, -0.15) is 0 Å². The van der Waals surface area contributed by atoms with Crippen molar-refractivity contribution in [1.82, 2.24) is 0 Å². The number of rotatable bonds is 4. The van der Waals surface area contributed by atoms with Crippen LogP contribution < -0.4 is 10.1 Å². The average molecular weight is 297 g/mol. The maximum Gasteiger partial charge on any atom is 0.262 e. The highest BCUT2D eigenvalue weighted by Gasteiger charge is 2.09. The van der Waals surface area contributed by atoms with Gasteiger partial charge in [-0.15, -0.1) is 0 Å². The van der Waals surface area contributed by atoms with Crippen LogP contribution in [-0.2, 0) is 4.79 Å². The van der Waals surface area contributed by atoms with Gasteiger partial charge in [0.1, 0.15) is 5.75 Å². The van der Waals surface area contributed by atoms with Crippen LogP contribution in [-0.4, -0.2) is 12.5 Å². The number of amides is 1. The van der Waals surface area contributed by atoms with Crippen molar-refractivity contribution in [3.8, 4) is 5.75 Å². The monoisotopic (exact) mass is 297 g/mol. The summed E-state index contributed by atoms with van der Waals surface area (Å²) in [5.41, 5.74) is 6.47. The van der Waals surface area contributed by atoms with Gasteiger partial charge in [0.15, 0.2) is 6.61 Å². The second kappa shape index (κ2) is 6.65. The van der Waals surface area contributed by atoms with Gasteiger partial charge in [-0.25, -0.2) is 0 Å². The first-order valence-electron chi connectivity index (χ1n) is 7.44. The van der Waals surface area contributed by atoms with E-state index in [0.717, 1.165) is 28.1 Å². The Labute approximate surface area is 132 Å². The summed E-state index contributed by atoms with van der Waals surface area (Å²) in [5, 5.41) is 2.87. The number of hydrogen-bond acceptors (Lipinski definition) is 2. The van der Waals surface area contributed by atoms with Crippen molar-refractivity contribution < 1.29 is 9.53 Å². The standard InChI is InChI=1S/C19H23NO2/c1-12-8-15(4)19(16(5)9-12)22-11-18(21)20-17-7-6-13(2)14(3)10-17/h6-10H,11H2,1-5H3,(H,20,21). The van der Waals surface area contributed by atoms with Crippen molar-refractivity contribution in [1.29, 1.82) is 0 Å². The zero-order chi connectivity index (χ0) is 16.3. The molecule has 0 unspecified atom stereocenters. The first kappa shape index (κ1) is 16.1. The molecule has 2 rings (SSSR count). The number of aryl methyl sites for hydroxylation is 5. The van der Waals surface area contributed by atoms with Gasteiger partial charge in [0.05, 0.1) is 0 Å². The molecule has 3 nitrogen and oxygen atoms in total. The van der Waals surface area contributed by atoms with Gasteiger partial charge in [0.25, 0.3) is 5.91 Å². The van der Waals surface area contributed by atoms with Gasteiger partial charge in [0.2, 0.25) is 0 Å². The summed E-state index contributed by atoms with van der Waals surface area (Å²) in [6, 6.07) is 9.99. The number of hydrogen-bond donors (Lipinski definition) is 1. The third-order valence-corrected chi connectivity index (χ3v) is 3.74. The van der Waals surface area contributed by atoms with E-state index in [4.69, 9.17) is 4.74 Å². The zero-order valence-corrected chi connectivity index (χ0v) is 13.9. The normalized spacial score (nSPS) is 10.4.